The summed E-state index contributed by atoms with van der Waals surface area (Å²) in [5.41, 5.74) is 0. The highest BCUT2D eigenvalue weighted by Crippen LogP contribution is 2.11. The second kappa shape index (κ2) is 4.11. The van der Waals surface area contributed by atoms with Gasteiger partial charge in [-0.15, -0.1) is 0 Å². The maximum absolute atomic E-state index is 5.11. The van der Waals surface area contributed by atoms with E-state index in [4.69, 9.17) is 4.52 Å². The maximum atomic E-state index is 5.11. The van der Waals surface area contributed by atoms with E-state index in [1.54, 1.807) is 6.20 Å². The van der Waals surface area contributed by atoms with E-state index in [0.29, 0.717) is 12.1 Å². The lowest BCUT2D eigenvalue weighted by atomic mass is 10.1. The first-order chi connectivity index (χ1) is 6.75. The average Bonchev–Trinajstić information content (AvgIpc) is 2.64. The molecule has 2 heterocycles. The van der Waals surface area contributed by atoms with Crippen molar-refractivity contribution in [2.75, 3.05) is 13.1 Å². The molecule has 1 fully saturated rings. The highest BCUT2D eigenvalue weighted by molar-refractivity contribution is 4.94. The zero-order chi connectivity index (χ0) is 9.97. The van der Waals surface area contributed by atoms with Crippen molar-refractivity contribution >= 4 is 0 Å². The SMILES string of the molecule is CC1CN(Cc2ccno2)C(C)CN1. The fraction of sp³-hybridized carbons (Fsp3) is 0.700. The third kappa shape index (κ3) is 2.13. The van der Waals surface area contributed by atoms with Crippen LogP contribution in [-0.4, -0.2) is 35.2 Å². The quantitative estimate of drug-likeness (QED) is 0.760. The Bertz CT molecular complexity index is 273. The smallest absolute Gasteiger partial charge is 0.150 e. The van der Waals surface area contributed by atoms with Crippen LogP contribution in [0.15, 0.2) is 16.8 Å². The molecule has 1 saturated heterocycles. The molecule has 0 bridgehead atoms. The predicted molar refractivity (Wildman–Crippen MR) is 53.8 cm³/mol. The van der Waals surface area contributed by atoms with Crippen LogP contribution in [0.1, 0.15) is 19.6 Å². The van der Waals surface area contributed by atoms with Gasteiger partial charge in [-0.05, 0) is 13.8 Å². The number of hydrogen-bond donors (Lipinski definition) is 1. The molecule has 0 aromatic carbocycles. The zero-order valence-electron chi connectivity index (χ0n) is 8.73. The number of hydrogen-bond acceptors (Lipinski definition) is 4. The fourth-order valence-corrected chi connectivity index (χ4v) is 1.84. The summed E-state index contributed by atoms with van der Waals surface area (Å²) in [6.07, 6.45) is 1.70. The summed E-state index contributed by atoms with van der Waals surface area (Å²) in [6.45, 7) is 7.43. The molecular formula is C10H17N3O. The summed E-state index contributed by atoms with van der Waals surface area (Å²) in [5, 5.41) is 7.17. The Balaban J connectivity index is 1.95. The minimum atomic E-state index is 0.564. The Morgan fingerprint density at radius 2 is 2.50 bits per heavy atom. The molecule has 0 aliphatic carbocycles. The van der Waals surface area contributed by atoms with Gasteiger partial charge in [0.05, 0.1) is 12.7 Å². The molecule has 78 valence electrons. The van der Waals surface area contributed by atoms with E-state index >= 15 is 0 Å². The molecular weight excluding hydrogens is 178 g/mol. The Hall–Kier alpha value is -0.870. The molecule has 4 nitrogen and oxygen atoms in total. The van der Waals surface area contributed by atoms with Crippen molar-refractivity contribution in [2.45, 2.75) is 32.5 Å². The molecule has 2 atom stereocenters. The highest BCUT2D eigenvalue weighted by Gasteiger charge is 2.22. The minimum absolute atomic E-state index is 0.564. The van der Waals surface area contributed by atoms with Crippen LogP contribution < -0.4 is 5.32 Å². The Morgan fingerprint density at radius 3 is 3.21 bits per heavy atom. The Kier molecular flexibility index (Phi) is 2.84. The summed E-state index contributed by atoms with van der Waals surface area (Å²) in [6, 6.07) is 3.06. The monoisotopic (exact) mass is 195 g/mol. The summed E-state index contributed by atoms with van der Waals surface area (Å²) < 4.78 is 5.11. The molecule has 2 unspecified atom stereocenters. The molecule has 1 aromatic rings. The third-order valence-electron chi connectivity index (χ3n) is 2.74. The van der Waals surface area contributed by atoms with Crippen LogP contribution in [0.2, 0.25) is 0 Å². The molecule has 1 N–H and O–H groups in total. The molecule has 0 spiro atoms. The zero-order valence-corrected chi connectivity index (χ0v) is 8.73. The van der Waals surface area contributed by atoms with Crippen LogP contribution in [0.25, 0.3) is 0 Å². The molecule has 1 aliphatic rings. The van der Waals surface area contributed by atoms with E-state index in [0.717, 1.165) is 25.4 Å². The van der Waals surface area contributed by atoms with Gasteiger partial charge in [0.15, 0.2) is 5.76 Å². The van der Waals surface area contributed by atoms with E-state index in [1.165, 1.54) is 0 Å². The standard InChI is InChI=1S/C10H17N3O/c1-8-6-13(9(2)5-11-8)7-10-3-4-12-14-10/h3-4,8-9,11H,5-7H2,1-2H3. The first-order valence-corrected chi connectivity index (χ1v) is 5.12. The van der Waals surface area contributed by atoms with Gasteiger partial charge in [0.25, 0.3) is 0 Å². The fourth-order valence-electron chi connectivity index (χ4n) is 1.84. The van der Waals surface area contributed by atoms with Crippen molar-refractivity contribution in [3.63, 3.8) is 0 Å². The van der Waals surface area contributed by atoms with Crippen molar-refractivity contribution in [3.05, 3.63) is 18.0 Å². The average molecular weight is 195 g/mol. The van der Waals surface area contributed by atoms with E-state index < -0.39 is 0 Å². The molecule has 0 saturated carbocycles. The molecule has 2 rings (SSSR count). The second-order valence-electron chi connectivity index (χ2n) is 4.07. The van der Waals surface area contributed by atoms with Crippen LogP contribution in [0, 0.1) is 0 Å². The lowest BCUT2D eigenvalue weighted by Gasteiger charge is -2.36. The normalized spacial score (nSPS) is 29.3. The topological polar surface area (TPSA) is 41.3 Å². The second-order valence-corrected chi connectivity index (χ2v) is 4.07. The summed E-state index contributed by atoms with van der Waals surface area (Å²) >= 11 is 0. The van der Waals surface area contributed by atoms with Gasteiger partial charge in [0, 0.05) is 31.2 Å². The van der Waals surface area contributed by atoms with E-state index in [9.17, 15) is 0 Å². The van der Waals surface area contributed by atoms with Gasteiger partial charge < -0.3 is 9.84 Å². The number of piperazine rings is 1. The first kappa shape index (κ1) is 9.68. The van der Waals surface area contributed by atoms with Crippen LogP contribution in [0.3, 0.4) is 0 Å². The van der Waals surface area contributed by atoms with Crippen LogP contribution in [-0.2, 0) is 6.54 Å². The van der Waals surface area contributed by atoms with Gasteiger partial charge in [-0.1, -0.05) is 5.16 Å². The number of nitrogens with one attached hydrogen (secondary N) is 1. The number of nitrogens with zero attached hydrogens (tertiary/aromatic N) is 2. The summed E-state index contributed by atoms with van der Waals surface area (Å²) in [7, 11) is 0. The largest absolute Gasteiger partial charge is 0.360 e. The summed E-state index contributed by atoms with van der Waals surface area (Å²) in [5.74, 6) is 0.950. The van der Waals surface area contributed by atoms with Crippen molar-refractivity contribution in [1.29, 1.82) is 0 Å². The lowest BCUT2D eigenvalue weighted by molar-refractivity contribution is 0.125. The Morgan fingerprint density at radius 1 is 1.64 bits per heavy atom. The molecule has 4 heteroatoms. The van der Waals surface area contributed by atoms with Crippen molar-refractivity contribution < 1.29 is 4.52 Å². The lowest BCUT2D eigenvalue weighted by Crippen LogP contribution is -2.53. The summed E-state index contributed by atoms with van der Waals surface area (Å²) in [4.78, 5) is 2.42. The highest BCUT2D eigenvalue weighted by atomic mass is 16.5. The molecule has 0 radical (unpaired) electrons. The molecule has 0 amide bonds. The van der Waals surface area contributed by atoms with Gasteiger partial charge in [-0.25, -0.2) is 0 Å². The first-order valence-electron chi connectivity index (χ1n) is 5.12. The van der Waals surface area contributed by atoms with E-state index in [2.05, 4.69) is 29.2 Å². The van der Waals surface area contributed by atoms with Crippen molar-refractivity contribution in [1.82, 2.24) is 15.4 Å². The Labute approximate surface area is 84.3 Å². The van der Waals surface area contributed by atoms with Crippen LogP contribution >= 0.6 is 0 Å². The van der Waals surface area contributed by atoms with Crippen molar-refractivity contribution in [3.8, 4) is 0 Å². The third-order valence-corrected chi connectivity index (χ3v) is 2.74. The maximum Gasteiger partial charge on any atom is 0.150 e. The van der Waals surface area contributed by atoms with Gasteiger partial charge in [-0.2, -0.15) is 0 Å². The van der Waals surface area contributed by atoms with Gasteiger partial charge in [-0.3, -0.25) is 4.90 Å². The van der Waals surface area contributed by atoms with Crippen molar-refractivity contribution in [2.24, 2.45) is 0 Å². The molecule has 14 heavy (non-hydrogen) atoms. The van der Waals surface area contributed by atoms with Gasteiger partial charge in [0.2, 0.25) is 0 Å². The van der Waals surface area contributed by atoms with E-state index in [1.807, 2.05) is 6.07 Å². The van der Waals surface area contributed by atoms with Gasteiger partial charge >= 0.3 is 0 Å². The van der Waals surface area contributed by atoms with E-state index in [-0.39, 0.29) is 0 Å². The van der Waals surface area contributed by atoms with Crippen LogP contribution in [0.5, 0.6) is 0 Å². The number of aromatic nitrogens is 1. The minimum Gasteiger partial charge on any atom is -0.360 e. The predicted octanol–water partition coefficient (Wildman–Crippen LogP) is 0.857. The van der Waals surface area contributed by atoms with Crippen LogP contribution in [0.4, 0.5) is 0 Å². The molecule has 1 aliphatic heterocycles. The van der Waals surface area contributed by atoms with Gasteiger partial charge in [0.1, 0.15) is 0 Å². The number of rotatable bonds is 2. The molecule has 1 aromatic heterocycles.